The Bertz CT molecular complexity index is 1030. The molecular weight excluding hydrogens is 350 g/mol. The number of ketones is 1. The van der Waals surface area contributed by atoms with Crippen LogP contribution in [0.2, 0.25) is 0 Å². The van der Waals surface area contributed by atoms with Gasteiger partial charge in [-0.05, 0) is 19.1 Å². The number of aryl methyl sites for hydroxylation is 1. The fraction of sp³-hybridized carbons (Fsp3) is 0.211. The van der Waals surface area contributed by atoms with Crippen molar-refractivity contribution in [3.8, 4) is 17.4 Å². The van der Waals surface area contributed by atoms with Crippen LogP contribution < -0.4 is 19.5 Å². The van der Waals surface area contributed by atoms with E-state index in [0.29, 0.717) is 39.7 Å². The number of hydrogen-bond donors (Lipinski definition) is 2. The van der Waals surface area contributed by atoms with Crippen molar-refractivity contribution >= 4 is 28.3 Å². The van der Waals surface area contributed by atoms with Gasteiger partial charge >= 0.3 is 0 Å². The van der Waals surface area contributed by atoms with Gasteiger partial charge in [0, 0.05) is 35.1 Å². The molecule has 2 N–H and O–H groups in total. The van der Waals surface area contributed by atoms with Crippen LogP contribution in [0.3, 0.4) is 0 Å². The molecule has 8 nitrogen and oxygen atoms in total. The number of aromatic amines is 1. The highest BCUT2D eigenvalue weighted by Gasteiger charge is 2.24. The van der Waals surface area contributed by atoms with Gasteiger partial charge in [0.15, 0.2) is 11.5 Å². The number of nitrogens with one attached hydrogen (secondary N) is 2. The van der Waals surface area contributed by atoms with Gasteiger partial charge in [0.05, 0.1) is 32.4 Å². The molecule has 0 aliphatic carbocycles. The molecule has 2 aromatic heterocycles. The zero-order valence-electron chi connectivity index (χ0n) is 15.4. The Morgan fingerprint density at radius 1 is 1.04 bits per heavy atom. The minimum absolute atomic E-state index is 0.282. The second-order valence-corrected chi connectivity index (χ2v) is 5.75. The van der Waals surface area contributed by atoms with E-state index in [-0.39, 0.29) is 5.56 Å². The number of aromatic nitrogens is 2. The molecule has 140 valence electrons. The predicted molar refractivity (Wildman–Crippen MR) is 99.9 cm³/mol. The van der Waals surface area contributed by atoms with Crippen molar-refractivity contribution in [3.05, 3.63) is 41.7 Å². The zero-order valence-corrected chi connectivity index (χ0v) is 15.4. The maximum Gasteiger partial charge on any atom is 0.296 e. The van der Waals surface area contributed by atoms with Gasteiger partial charge in [0.2, 0.25) is 5.88 Å². The lowest BCUT2D eigenvalue weighted by Crippen LogP contribution is -2.23. The van der Waals surface area contributed by atoms with Crippen LogP contribution >= 0.6 is 0 Å². The van der Waals surface area contributed by atoms with Gasteiger partial charge in [-0.1, -0.05) is 0 Å². The number of carbonyl (C=O) groups excluding carboxylic acids is 2. The fourth-order valence-electron chi connectivity index (χ4n) is 2.85. The first-order chi connectivity index (χ1) is 13.0. The van der Waals surface area contributed by atoms with Gasteiger partial charge in [0.25, 0.3) is 11.7 Å². The van der Waals surface area contributed by atoms with E-state index in [2.05, 4.69) is 15.3 Å². The van der Waals surface area contributed by atoms with Gasteiger partial charge in [0.1, 0.15) is 0 Å². The quantitative estimate of drug-likeness (QED) is 0.512. The van der Waals surface area contributed by atoms with Gasteiger partial charge in [-0.25, -0.2) is 4.98 Å². The van der Waals surface area contributed by atoms with Crippen molar-refractivity contribution in [3.63, 3.8) is 0 Å². The predicted octanol–water partition coefficient (Wildman–Crippen LogP) is 2.72. The summed E-state index contributed by atoms with van der Waals surface area (Å²) in [4.78, 5) is 32.4. The summed E-state index contributed by atoms with van der Waals surface area (Å²) in [6.45, 7) is 1.73. The van der Waals surface area contributed by atoms with Crippen LogP contribution in [0.15, 0.2) is 30.5 Å². The number of H-pyrrole nitrogens is 1. The van der Waals surface area contributed by atoms with Crippen molar-refractivity contribution < 1.29 is 23.8 Å². The molecule has 0 fully saturated rings. The van der Waals surface area contributed by atoms with E-state index in [9.17, 15) is 9.59 Å². The molecule has 0 spiro atoms. The van der Waals surface area contributed by atoms with Crippen molar-refractivity contribution in [2.75, 3.05) is 26.6 Å². The second kappa shape index (κ2) is 7.36. The average molecular weight is 369 g/mol. The number of hydrogen-bond acceptors (Lipinski definition) is 6. The molecule has 0 aliphatic heterocycles. The Morgan fingerprint density at radius 2 is 1.74 bits per heavy atom. The largest absolute Gasteiger partial charge is 0.493 e. The molecule has 3 rings (SSSR count). The molecule has 0 unspecified atom stereocenters. The number of methoxy groups -OCH3 is 3. The standard InChI is InChI=1S/C19H19N3O5/c1-10-17(12-8-14(25-2)15(26-3)9-13(12)21-10)18(23)19(24)22-11-5-6-20-16(7-11)27-4/h5-9,21H,1-4H3,(H,20,22,24). The van der Waals surface area contributed by atoms with Crippen LogP contribution in [0.25, 0.3) is 10.9 Å². The number of benzene rings is 1. The molecule has 2 heterocycles. The van der Waals surface area contributed by atoms with E-state index >= 15 is 0 Å². The fourth-order valence-corrected chi connectivity index (χ4v) is 2.85. The smallest absolute Gasteiger partial charge is 0.296 e. The van der Waals surface area contributed by atoms with Crippen LogP contribution in [0.4, 0.5) is 5.69 Å². The molecule has 8 heteroatoms. The molecule has 3 aromatic rings. The third-order valence-corrected chi connectivity index (χ3v) is 4.13. The second-order valence-electron chi connectivity index (χ2n) is 5.75. The Labute approximate surface area is 155 Å². The summed E-state index contributed by atoms with van der Waals surface area (Å²) in [7, 11) is 4.51. The Balaban J connectivity index is 1.97. The number of nitrogens with zero attached hydrogens (tertiary/aromatic N) is 1. The van der Waals surface area contributed by atoms with Crippen molar-refractivity contribution in [2.24, 2.45) is 0 Å². The van der Waals surface area contributed by atoms with Gasteiger partial charge < -0.3 is 24.5 Å². The summed E-state index contributed by atoms with van der Waals surface area (Å²) < 4.78 is 15.6. The third kappa shape index (κ3) is 3.41. The molecule has 0 saturated carbocycles. The summed E-state index contributed by atoms with van der Waals surface area (Å²) in [5.41, 5.74) is 1.95. The van der Waals surface area contributed by atoms with E-state index in [4.69, 9.17) is 14.2 Å². The monoisotopic (exact) mass is 369 g/mol. The van der Waals surface area contributed by atoms with Gasteiger partial charge in [-0.3, -0.25) is 9.59 Å². The van der Waals surface area contributed by atoms with Crippen molar-refractivity contribution in [1.82, 2.24) is 9.97 Å². The highest BCUT2D eigenvalue weighted by Crippen LogP contribution is 2.34. The molecule has 27 heavy (non-hydrogen) atoms. The maximum absolute atomic E-state index is 12.8. The summed E-state index contributed by atoms with van der Waals surface area (Å²) in [5, 5.41) is 3.15. The number of amides is 1. The maximum atomic E-state index is 12.8. The van der Waals surface area contributed by atoms with Crippen LogP contribution in [0.1, 0.15) is 16.1 Å². The number of rotatable bonds is 6. The van der Waals surface area contributed by atoms with E-state index in [1.165, 1.54) is 33.6 Å². The number of Topliss-reactive ketones (excluding diaryl/α,β-unsaturated/α-hetero) is 1. The number of anilines is 1. The zero-order chi connectivity index (χ0) is 19.6. The van der Waals surface area contributed by atoms with Crippen LogP contribution in [0.5, 0.6) is 17.4 Å². The van der Waals surface area contributed by atoms with Gasteiger partial charge in [-0.2, -0.15) is 0 Å². The average Bonchev–Trinajstić information content (AvgIpc) is 3.00. The minimum atomic E-state index is -0.762. The lowest BCUT2D eigenvalue weighted by atomic mass is 10.1. The number of pyridine rings is 1. The minimum Gasteiger partial charge on any atom is -0.493 e. The van der Waals surface area contributed by atoms with Crippen LogP contribution in [0, 0.1) is 6.92 Å². The molecule has 1 aromatic carbocycles. The van der Waals surface area contributed by atoms with Crippen LogP contribution in [-0.4, -0.2) is 43.0 Å². The lowest BCUT2D eigenvalue weighted by molar-refractivity contribution is -0.112. The Morgan fingerprint density at radius 3 is 2.41 bits per heavy atom. The Kier molecular flexibility index (Phi) is 4.98. The molecule has 1 amide bonds. The number of carbonyl (C=O) groups is 2. The molecule has 0 atom stereocenters. The number of ether oxygens (including phenoxy) is 3. The normalized spacial score (nSPS) is 10.5. The molecule has 0 aliphatic rings. The summed E-state index contributed by atoms with van der Waals surface area (Å²) >= 11 is 0. The van der Waals surface area contributed by atoms with Crippen molar-refractivity contribution in [2.45, 2.75) is 6.92 Å². The lowest BCUT2D eigenvalue weighted by Gasteiger charge is -2.08. The van der Waals surface area contributed by atoms with Crippen molar-refractivity contribution in [1.29, 1.82) is 0 Å². The molecular formula is C19H19N3O5. The molecule has 0 saturated heterocycles. The Hall–Kier alpha value is -3.55. The van der Waals surface area contributed by atoms with E-state index < -0.39 is 11.7 Å². The van der Waals surface area contributed by atoms with E-state index in [1.807, 2.05) is 0 Å². The summed E-state index contributed by atoms with van der Waals surface area (Å²) in [6, 6.07) is 6.50. The third-order valence-electron chi connectivity index (χ3n) is 4.13. The first kappa shape index (κ1) is 18.2. The first-order valence-corrected chi connectivity index (χ1v) is 8.08. The summed E-state index contributed by atoms with van der Waals surface area (Å²) in [5.74, 6) is -0.0972. The van der Waals surface area contributed by atoms with E-state index in [1.54, 1.807) is 25.1 Å². The molecule has 0 radical (unpaired) electrons. The SMILES string of the molecule is COc1cc(NC(=O)C(=O)c2c(C)[nH]c3cc(OC)c(OC)cc23)ccn1. The topological polar surface area (TPSA) is 103 Å². The number of fused-ring (bicyclic) bond motifs is 1. The molecule has 0 bridgehead atoms. The first-order valence-electron chi connectivity index (χ1n) is 8.08. The summed E-state index contributed by atoms with van der Waals surface area (Å²) in [6.07, 6.45) is 1.48. The van der Waals surface area contributed by atoms with E-state index in [0.717, 1.165) is 0 Å². The van der Waals surface area contributed by atoms with Crippen LogP contribution in [-0.2, 0) is 4.79 Å². The van der Waals surface area contributed by atoms with Gasteiger partial charge in [-0.15, -0.1) is 0 Å². The highest BCUT2D eigenvalue weighted by atomic mass is 16.5. The highest BCUT2D eigenvalue weighted by molar-refractivity contribution is 6.48.